The van der Waals surface area contributed by atoms with Crippen LogP contribution in [0.3, 0.4) is 0 Å². The van der Waals surface area contributed by atoms with Crippen LogP contribution < -0.4 is 9.64 Å². The minimum Gasteiger partial charge on any atom is -0.427 e. The lowest BCUT2D eigenvalue weighted by atomic mass is 9.83. The first-order chi connectivity index (χ1) is 18.8. The van der Waals surface area contributed by atoms with Gasteiger partial charge in [-0.2, -0.15) is 0 Å². The van der Waals surface area contributed by atoms with Gasteiger partial charge in [0.1, 0.15) is 11.8 Å². The van der Waals surface area contributed by atoms with Gasteiger partial charge < -0.3 is 9.64 Å². The Morgan fingerprint density at radius 2 is 1.64 bits per heavy atom. The number of fused-ring (bicyclic) bond motifs is 5. The number of Topliss-reactive ketones (excluding diaryl/α,β-unsaturated/α-hetero) is 1. The molecule has 194 valence electrons. The summed E-state index contributed by atoms with van der Waals surface area (Å²) in [6.45, 7) is 1.27. The van der Waals surface area contributed by atoms with E-state index in [2.05, 4.69) is 0 Å². The molecule has 0 aromatic heterocycles. The van der Waals surface area contributed by atoms with Crippen molar-refractivity contribution in [3.8, 4) is 5.75 Å². The van der Waals surface area contributed by atoms with Crippen molar-refractivity contribution in [1.82, 2.24) is 4.90 Å². The summed E-state index contributed by atoms with van der Waals surface area (Å²) in [6.07, 6.45) is 3.60. The summed E-state index contributed by atoms with van der Waals surface area (Å²) < 4.78 is 5.06. The van der Waals surface area contributed by atoms with E-state index in [1.165, 1.54) is 55.5 Å². The molecule has 3 aromatic carbocycles. The van der Waals surface area contributed by atoms with Crippen LogP contribution in [0, 0.1) is 22.0 Å². The highest BCUT2D eigenvalue weighted by atomic mass is 16.6. The van der Waals surface area contributed by atoms with Crippen LogP contribution in [0.1, 0.15) is 34.5 Å². The zero-order valence-corrected chi connectivity index (χ0v) is 20.6. The van der Waals surface area contributed by atoms with Gasteiger partial charge in [0.05, 0.1) is 28.5 Å². The van der Waals surface area contributed by atoms with Gasteiger partial charge in [0.25, 0.3) is 5.69 Å². The monoisotopic (exact) mass is 523 g/mol. The third kappa shape index (κ3) is 3.80. The number of carbonyl (C=O) groups is 4. The van der Waals surface area contributed by atoms with E-state index in [4.69, 9.17) is 4.74 Å². The smallest absolute Gasteiger partial charge is 0.308 e. The van der Waals surface area contributed by atoms with Gasteiger partial charge in [-0.15, -0.1) is 0 Å². The van der Waals surface area contributed by atoms with Crippen molar-refractivity contribution in [2.75, 3.05) is 4.90 Å². The maximum atomic E-state index is 14.0. The van der Waals surface area contributed by atoms with E-state index in [9.17, 15) is 29.3 Å². The van der Waals surface area contributed by atoms with Gasteiger partial charge in [0, 0.05) is 30.8 Å². The highest BCUT2D eigenvalue weighted by molar-refractivity contribution is 6.24. The van der Waals surface area contributed by atoms with Gasteiger partial charge in [-0.25, -0.2) is 4.90 Å². The maximum absolute atomic E-state index is 14.0. The number of nitro groups is 1. The van der Waals surface area contributed by atoms with E-state index in [-0.39, 0.29) is 28.5 Å². The van der Waals surface area contributed by atoms with Gasteiger partial charge >= 0.3 is 5.97 Å². The van der Waals surface area contributed by atoms with Crippen LogP contribution in [-0.2, 0) is 14.4 Å². The first-order valence-corrected chi connectivity index (χ1v) is 12.3. The minimum atomic E-state index is -1.02. The van der Waals surface area contributed by atoms with Crippen molar-refractivity contribution < 1.29 is 28.8 Å². The standard InChI is InChI=1S/C29H21N3O7/c1-16(33)39-21-11-9-18(10-12-21)27(34)26-24-23(25-22-8-3-2-5-17(22)13-14-30(25)26)28(35)31(29(24)36)19-6-4-7-20(15-19)32(37)38/h2-15,23-26H,1H3/t23-,24+,25+,26+/m0/s1. The van der Waals surface area contributed by atoms with Gasteiger partial charge in [-0.1, -0.05) is 30.3 Å². The largest absolute Gasteiger partial charge is 0.427 e. The number of imide groups is 1. The second-order valence-electron chi connectivity index (χ2n) is 9.60. The number of carbonyl (C=O) groups excluding carboxylic acids is 4. The van der Waals surface area contributed by atoms with E-state index in [1.807, 2.05) is 30.3 Å². The molecule has 4 atom stereocenters. The Morgan fingerprint density at radius 1 is 0.923 bits per heavy atom. The lowest BCUT2D eigenvalue weighted by molar-refractivity contribution is -0.384. The molecule has 0 bridgehead atoms. The van der Waals surface area contributed by atoms with E-state index in [0.29, 0.717) is 0 Å². The summed E-state index contributed by atoms with van der Waals surface area (Å²) in [7, 11) is 0. The van der Waals surface area contributed by atoms with Gasteiger partial charge in [-0.05, 0) is 47.5 Å². The van der Waals surface area contributed by atoms with Gasteiger partial charge in [0.15, 0.2) is 5.78 Å². The van der Waals surface area contributed by atoms with E-state index in [0.717, 1.165) is 16.0 Å². The van der Waals surface area contributed by atoms with Crippen molar-refractivity contribution in [3.05, 3.63) is 106 Å². The summed E-state index contributed by atoms with van der Waals surface area (Å²) >= 11 is 0. The molecule has 0 unspecified atom stereocenters. The fraction of sp³-hybridized carbons (Fsp3) is 0.172. The third-order valence-corrected chi connectivity index (χ3v) is 7.43. The molecule has 0 N–H and O–H groups in total. The lowest BCUT2D eigenvalue weighted by Crippen LogP contribution is -2.44. The van der Waals surface area contributed by atoms with Crippen LogP contribution in [-0.4, -0.2) is 39.4 Å². The average molecular weight is 524 g/mol. The molecule has 2 amide bonds. The average Bonchev–Trinajstić information content (AvgIpc) is 3.40. The summed E-state index contributed by atoms with van der Waals surface area (Å²) in [5.74, 6) is -3.57. The molecule has 0 saturated carbocycles. The SMILES string of the molecule is CC(=O)Oc1ccc(C(=O)[C@H]2[C@@H]3C(=O)N(c4cccc([N+](=O)[O-])c4)C(=O)[C@@H]3[C@H]3c4ccccc4C=CN32)cc1. The molecule has 39 heavy (non-hydrogen) atoms. The van der Waals surface area contributed by atoms with Crippen LogP contribution in [0.25, 0.3) is 6.08 Å². The van der Waals surface area contributed by atoms with Crippen LogP contribution >= 0.6 is 0 Å². The number of anilines is 1. The molecule has 6 rings (SSSR count). The Kier molecular flexibility index (Phi) is 5.60. The molecule has 3 aliphatic rings. The number of rotatable bonds is 5. The predicted octanol–water partition coefficient (Wildman–Crippen LogP) is 3.92. The first kappa shape index (κ1) is 24.2. The number of hydrogen-bond donors (Lipinski definition) is 0. The van der Waals surface area contributed by atoms with Gasteiger partial charge in [-0.3, -0.25) is 29.3 Å². The number of ether oxygens (including phenoxy) is 1. The normalized spacial score (nSPS) is 22.8. The number of nitrogens with zero attached hydrogens (tertiary/aromatic N) is 3. The van der Waals surface area contributed by atoms with Crippen molar-refractivity contribution >= 4 is 41.0 Å². The zero-order chi connectivity index (χ0) is 27.4. The Balaban J connectivity index is 1.44. The van der Waals surface area contributed by atoms with Crippen LogP contribution in [0.15, 0.2) is 79.0 Å². The molecular weight excluding hydrogens is 502 g/mol. The Bertz CT molecular complexity index is 1600. The fourth-order valence-electron chi connectivity index (χ4n) is 5.88. The molecule has 0 aliphatic carbocycles. The molecule has 3 heterocycles. The maximum Gasteiger partial charge on any atom is 0.308 e. The number of esters is 1. The molecule has 3 aromatic rings. The second-order valence-corrected chi connectivity index (χ2v) is 9.60. The number of nitro benzene ring substituents is 1. The van der Waals surface area contributed by atoms with Crippen LogP contribution in [0.4, 0.5) is 11.4 Å². The Labute approximate surface area is 222 Å². The molecule has 10 nitrogen and oxygen atoms in total. The number of ketones is 1. The molecule has 2 saturated heterocycles. The molecule has 3 aliphatic heterocycles. The third-order valence-electron chi connectivity index (χ3n) is 7.43. The predicted molar refractivity (Wildman–Crippen MR) is 138 cm³/mol. The Hall–Kier alpha value is -5.12. The number of amides is 2. The fourth-order valence-corrected chi connectivity index (χ4v) is 5.88. The minimum absolute atomic E-state index is 0.0942. The van der Waals surface area contributed by atoms with Gasteiger partial charge in [0.2, 0.25) is 11.8 Å². The summed E-state index contributed by atoms with van der Waals surface area (Å²) in [6, 6.07) is 17.3. The summed E-state index contributed by atoms with van der Waals surface area (Å²) in [5, 5.41) is 11.4. The number of hydrogen-bond acceptors (Lipinski definition) is 8. The number of benzene rings is 3. The van der Waals surface area contributed by atoms with E-state index < -0.39 is 46.6 Å². The topological polar surface area (TPSA) is 127 Å². The zero-order valence-electron chi connectivity index (χ0n) is 20.6. The van der Waals surface area contributed by atoms with Crippen molar-refractivity contribution in [1.29, 1.82) is 0 Å². The first-order valence-electron chi connectivity index (χ1n) is 12.3. The van der Waals surface area contributed by atoms with Crippen molar-refractivity contribution in [3.63, 3.8) is 0 Å². The van der Waals surface area contributed by atoms with Crippen LogP contribution in [0.2, 0.25) is 0 Å². The van der Waals surface area contributed by atoms with Crippen LogP contribution in [0.5, 0.6) is 5.75 Å². The summed E-state index contributed by atoms with van der Waals surface area (Å²) in [5.41, 5.74) is 1.83. The second kappa shape index (κ2) is 9.02. The molecule has 10 heteroatoms. The molecule has 2 fully saturated rings. The molecule has 0 radical (unpaired) electrons. The van der Waals surface area contributed by atoms with Crippen molar-refractivity contribution in [2.45, 2.75) is 19.0 Å². The lowest BCUT2D eigenvalue weighted by Gasteiger charge is -2.35. The quantitative estimate of drug-likeness (QED) is 0.123. The Morgan fingerprint density at radius 3 is 2.36 bits per heavy atom. The molecule has 0 spiro atoms. The van der Waals surface area contributed by atoms with Crippen molar-refractivity contribution in [2.24, 2.45) is 11.8 Å². The van der Waals surface area contributed by atoms with E-state index in [1.54, 1.807) is 11.1 Å². The summed E-state index contributed by atoms with van der Waals surface area (Å²) in [4.78, 5) is 66.6. The highest BCUT2D eigenvalue weighted by Crippen LogP contribution is 2.53. The van der Waals surface area contributed by atoms with E-state index >= 15 is 0 Å². The molecular formula is C29H21N3O7. The highest BCUT2D eigenvalue weighted by Gasteiger charge is 2.64. The number of non-ortho nitro benzene ring substituents is 1.